The van der Waals surface area contributed by atoms with Crippen LogP contribution in [-0.4, -0.2) is 75.3 Å². The van der Waals surface area contributed by atoms with E-state index in [2.05, 4.69) is 6.08 Å². The van der Waals surface area contributed by atoms with Gasteiger partial charge in [0.1, 0.15) is 61.6 Å². The van der Waals surface area contributed by atoms with E-state index in [0.717, 1.165) is 18.6 Å². The highest BCUT2D eigenvalue weighted by Crippen LogP contribution is 2.19. The summed E-state index contributed by atoms with van der Waals surface area (Å²) in [6, 6.07) is 16.6. The second-order valence-electron chi connectivity index (χ2n) is 8.15. The number of ether oxygens (including phenoxy) is 6. The SMILES string of the molecule is OC(COCCOc1cccc(OCCOCC(O)COc2ccccc2)c1)COC1=CCCC=C1. The maximum atomic E-state index is 9.97. The van der Waals surface area contributed by atoms with Crippen LogP contribution in [0.4, 0.5) is 0 Å². The molecule has 8 nitrogen and oxygen atoms in total. The Hall–Kier alpha value is -3.04. The van der Waals surface area contributed by atoms with E-state index in [1.54, 1.807) is 6.07 Å². The van der Waals surface area contributed by atoms with Gasteiger partial charge >= 0.3 is 0 Å². The molecule has 1 aliphatic rings. The lowest BCUT2D eigenvalue weighted by Crippen LogP contribution is -2.24. The van der Waals surface area contributed by atoms with Gasteiger partial charge in [0, 0.05) is 6.07 Å². The smallest absolute Gasteiger partial charge is 0.123 e. The summed E-state index contributed by atoms with van der Waals surface area (Å²) in [5.74, 6) is 2.82. The zero-order chi connectivity index (χ0) is 25.3. The van der Waals surface area contributed by atoms with Crippen molar-refractivity contribution in [2.24, 2.45) is 0 Å². The van der Waals surface area contributed by atoms with E-state index in [4.69, 9.17) is 28.4 Å². The maximum Gasteiger partial charge on any atom is 0.123 e. The van der Waals surface area contributed by atoms with Crippen molar-refractivity contribution >= 4 is 0 Å². The van der Waals surface area contributed by atoms with Crippen molar-refractivity contribution in [1.82, 2.24) is 0 Å². The molecule has 3 rings (SSSR count). The summed E-state index contributed by atoms with van der Waals surface area (Å²) in [6.45, 7) is 2.06. The minimum Gasteiger partial charge on any atom is -0.491 e. The van der Waals surface area contributed by atoms with Crippen molar-refractivity contribution in [2.75, 3.05) is 52.9 Å². The lowest BCUT2D eigenvalue weighted by Gasteiger charge is -2.15. The molecule has 1 aliphatic carbocycles. The number of benzene rings is 2. The third-order valence-corrected chi connectivity index (χ3v) is 5.01. The Kier molecular flexibility index (Phi) is 12.7. The number of allylic oxidation sites excluding steroid dienone is 3. The van der Waals surface area contributed by atoms with Gasteiger partial charge in [-0.25, -0.2) is 0 Å². The first-order valence-corrected chi connectivity index (χ1v) is 12.2. The maximum absolute atomic E-state index is 9.97. The fourth-order valence-electron chi connectivity index (χ4n) is 3.22. The van der Waals surface area contributed by atoms with Crippen LogP contribution in [0, 0.1) is 0 Å². The van der Waals surface area contributed by atoms with Gasteiger partial charge in [0.05, 0.1) is 26.4 Å². The third-order valence-electron chi connectivity index (χ3n) is 5.01. The topological polar surface area (TPSA) is 95.8 Å². The van der Waals surface area contributed by atoms with Gasteiger partial charge < -0.3 is 38.6 Å². The van der Waals surface area contributed by atoms with E-state index in [1.165, 1.54) is 0 Å². The highest BCUT2D eigenvalue weighted by molar-refractivity contribution is 5.32. The molecule has 0 aliphatic heterocycles. The van der Waals surface area contributed by atoms with Crippen molar-refractivity contribution in [3.63, 3.8) is 0 Å². The van der Waals surface area contributed by atoms with Gasteiger partial charge in [0.15, 0.2) is 0 Å². The zero-order valence-electron chi connectivity index (χ0n) is 20.5. The number of para-hydroxylation sites is 1. The third kappa shape index (κ3) is 11.6. The van der Waals surface area contributed by atoms with Gasteiger partial charge in [0.25, 0.3) is 0 Å². The van der Waals surface area contributed by atoms with Gasteiger partial charge in [-0.3, -0.25) is 0 Å². The van der Waals surface area contributed by atoms with Crippen molar-refractivity contribution in [3.05, 3.63) is 78.6 Å². The molecule has 2 unspecified atom stereocenters. The fraction of sp³-hybridized carbons (Fsp3) is 0.429. The van der Waals surface area contributed by atoms with Crippen LogP contribution in [0.2, 0.25) is 0 Å². The summed E-state index contributed by atoms with van der Waals surface area (Å²) in [4.78, 5) is 0. The molecule has 2 atom stereocenters. The van der Waals surface area contributed by atoms with Crippen LogP contribution in [0.5, 0.6) is 17.2 Å². The summed E-state index contributed by atoms with van der Waals surface area (Å²) in [5.41, 5.74) is 0. The van der Waals surface area contributed by atoms with Crippen molar-refractivity contribution in [3.8, 4) is 17.2 Å². The summed E-state index contributed by atoms with van der Waals surface area (Å²) >= 11 is 0. The Morgan fingerprint density at radius 2 is 1.22 bits per heavy atom. The molecule has 2 aromatic rings. The molecule has 8 heteroatoms. The van der Waals surface area contributed by atoms with Crippen molar-refractivity contribution < 1.29 is 38.6 Å². The fourth-order valence-corrected chi connectivity index (χ4v) is 3.22. The quantitative estimate of drug-likeness (QED) is 0.300. The normalized spacial score (nSPS) is 14.6. The minimum atomic E-state index is -0.718. The van der Waals surface area contributed by atoms with E-state index >= 15 is 0 Å². The Morgan fingerprint density at radius 3 is 1.83 bits per heavy atom. The molecule has 0 saturated heterocycles. The number of aliphatic hydroxyl groups excluding tert-OH is 2. The highest BCUT2D eigenvalue weighted by atomic mass is 16.5. The predicted octanol–water partition coefficient (Wildman–Crippen LogP) is 3.53. The van der Waals surface area contributed by atoms with Gasteiger partial charge in [-0.15, -0.1) is 0 Å². The summed E-state index contributed by atoms with van der Waals surface area (Å²) < 4.78 is 33.3. The van der Waals surface area contributed by atoms with E-state index in [-0.39, 0.29) is 26.4 Å². The summed E-state index contributed by atoms with van der Waals surface area (Å²) in [6.07, 6.45) is 6.57. The molecule has 0 spiro atoms. The second-order valence-corrected chi connectivity index (χ2v) is 8.15. The molecular weight excluding hydrogens is 464 g/mol. The van der Waals surface area contributed by atoms with Crippen LogP contribution in [0.25, 0.3) is 0 Å². The van der Waals surface area contributed by atoms with Crippen molar-refractivity contribution in [1.29, 1.82) is 0 Å². The lowest BCUT2D eigenvalue weighted by atomic mass is 10.2. The van der Waals surface area contributed by atoms with Crippen LogP contribution in [0.3, 0.4) is 0 Å². The molecule has 0 aromatic heterocycles. The van der Waals surface area contributed by atoms with Gasteiger partial charge in [-0.1, -0.05) is 30.3 Å². The van der Waals surface area contributed by atoms with Gasteiger partial charge in [0.2, 0.25) is 0 Å². The Bertz CT molecular complexity index is 915. The van der Waals surface area contributed by atoms with Crippen molar-refractivity contribution in [2.45, 2.75) is 25.0 Å². The number of hydrogen-bond donors (Lipinski definition) is 2. The van der Waals surface area contributed by atoms with Crippen LogP contribution in [0.1, 0.15) is 12.8 Å². The molecule has 0 radical (unpaired) electrons. The number of rotatable bonds is 18. The van der Waals surface area contributed by atoms with Crippen LogP contribution in [0.15, 0.2) is 78.6 Å². The molecule has 0 bridgehead atoms. The zero-order valence-corrected chi connectivity index (χ0v) is 20.5. The number of aliphatic hydroxyl groups is 2. The van der Waals surface area contributed by atoms with E-state index < -0.39 is 12.2 Å². The predicted molar refractivity (Wildman–Crippen MR) is 135 cm³/mol. The standard InChI is InChI=1S/C28H36O8/c29-23(21-35-25-8-3-1-4-9-25)19-31-14-16-33-27-12-7-13-28(18-27)34-17-15-32-20-24(30)22-36-26-10-5-2-6-11-26/h1,3-5,7-13,18,23-24,29-30H,2,6,14-17,19-22H2. The first kappa shape index (κ1) is 27.5. The van der Waals surface area contributed by atoms with E-state index in [9.17, 15) is 10.2 Å². The second kappa shape index (κ2) is 16.6. The number of hydrogen-bond acceptors (Lipinski definition) is 8. The van der Waals surface area contributed by atoms with E-state index in [1.807, 2.05) is 60.7 Å². The largest absolute Gasteiger partial charge is 0.491 e. The molecule has 2 aromatic carbocycles. The van der Waals surface area contributed by atoms with Crippen LogP contribution >= 0.6 is 0 Å². The highest BCUT2D eigenvalue weighted by Gasteiger charge is 2.08. The van der Waals surface area contributed by atoms with Crippen LogP contribution in [-0.2, 0) is 14.2 Å². The average Bonchev–Trinajstić information content (AvgIpc) is 2.92. The first-order valence-electron chi connectivity index (χ1n) is 12.2. The summed E-state index contributed by atoms with van der Waals surface area (Å²) in [5, 5.41) is 19.9. The van der Waals surface area contributed by atoms with Crippen LogP contribution < -0.4 is 14.2 Å². The molecule has 0 saturated carbocycles. The van der Waals surface area contributed by atoms with Gasteiger partial charge in [-0.05, 0) is 49.3 Å². The molecule has 0 fully saturated rings. The molecule has 0 amide bonds. The Labute approximate surface area is 212 Å². The Balaban J connectivity index is 1.20. The molecule has 36 heavy (non-hydrogen) atoms. The molecule has 0 heterocycles. The minimum absolute atomic E-state index is 0.162. The molecule has 196 valence electrons. The summed E-state index contributed by atoms with van der Waals surface area (Å²) in [7, 11) is 0. The molecular formula is C28H36O8. The average molecular weight is 501 g/mol. The lowest BCUT2D eigenvalue weighted by molar-refractivity contribution is -0.00798. The Morgan fingerprint density at radius 1 is 0.611 bits per heavy atom. The molecule has 2 N–H and O–H groups in total. The first-order chi connectivity index (χ1) is 17.7. The van der Waals surface area contributed by atoms with E-state index in [0.29, 0.717) is 43.7 Å². The monoisotopic (exact) mass is 500 g/mol. The van der Waals surface area contributed by atoms with Gasteiger partial charge in [-0.2, -0.15) is 0 Å².